The summed E-state index contributed by atoms with van der Waals surface area (Å²) in [6.45, 7) is 5.67. The first kappa shape index (κ1) is 19.1. The first-order chi connectivity index (χ1) is 13.6. The molecule has 1 aromatic carbocycles. The fourth-order valence-corrected chi connectivity index (χ4v) is 4.29. The molecule has 2 saturated heterocycles. The number of carbonyl (C=O) groups is 1. The largest absolute Gasteiger partial charge is 0.378 e. The number of rotatable bonds is 5. The van der Waals surface area contributed by atoms with Crippen LogP contribution in [-0.4, -0.2) is 79.2 Å². The third kappa shape index (κ3) is 4.12. The lowest BCUT2D eigenvalue weighted by atomic mass is 9.84. The molecule has 1 amide bonds. The molecule has 0 spiro atoms. The summed E-state index contributed by atoms with van der Waals surface area (Å²) in [5, 5.41) is 11.0. The smallest absolute Gasteiger partial charge is 0.271 e. The Balaban J connectivity index is 1.35. The molecule has 152 valence electrons. The van der Waals surface area contributed by atoms with E-state index in [2.05, 4.69) is 9.80 Å². The molecule has 0 aromatic heterocycles. The number of nitro benzene ring substituents is 1. The molecule has 3 aliphatic rings. The molecule has 1 saturated carbocycles. The number of ether oxygens (including phenoxy) is 1. The van der Waals surface area contributed by atoms with Crippen LogP contribution in [0.25, 0.3) is 0 Å². The van der Waals surface area contributed by atoms with Crippen LogP contribution in [0, 0.1) is 16.0 Å². The molecule has 4 rings (SSSR count). The highest BCUT2D eigenvalue weighted by Gasteiger charge is 2.35. The highest BCUT2D eigenvalue weighted by Crippen LogP contribution is 2.29. The van der Waals surface area contributed by atoms with Gasteiger partial charge in [-0.1, -0.05) is 12.5 Å². The van der Waals surface area contributed by atoms with Gasteiger partial charge in [0, 0.05) is 57.1 Å². The summed E-state index contributed by atoms with van der Waals surface area (Å²) in [5.41, 5.74) is 0.941. The number of nitrogens with zero attached hydrogens (tertiary/aromatic N) is 4. The van der Waals surface area contributed by atoms with Crippen LogP contribution in [0.15, 0.2) is 24.3 Å². The number of nitro groups is 1. The number of morpholine rings is 1. The molecule has 8 heteroatoms. The average molecular weight is 388 g/mol. The maximum absolute atomic E-state index is 13.1. The van der Waals surface area contributed by atoms with E-state index in [1.807, 2.05) is 11.0 Å². The molecule has 1 aliphatic carbocycles. The third-order valence-electron chi connectivity index (χ3n) is 6.24. The summed E-state index contributed by atoms with van der Waals surface area (Å²) >= 11 is 0. The lowest BCUT2D eigenvalue weighted by Crippen LogP contribution is -2.59. The van der Waals surface area contributed by atoms with Gasteiger partial charge in [0.25, 0.3) is 5.69 Å². The predicted octanol–water partition coefficient (Wildman–Crippen LogP) is 1.74. The number of benzene rings is 1. The van der Waals surface area contributed by atoms with Crippen LogP contribution in [0.1, 0.15) is 19.3 Å². The molecule has 2 aliphatic heterocycles. The van der Waals surface area contributed by atoms with Crippen LogP contribution in [0.5, 0.6) is 0 Å². The Morgan fingerprint density at radius 3 is 2.64 bits per heavy atom. The molecule has 0 N–H and O–H groups in total. The summed E-state index contributed by atoms with van der Waals surface area (Å²) in [7, 11) is 0. The second-order valence-electron chi connectivity index (χ2n) is 7.97. The van der Waals surface area contributed by atoms with Gasteiger partial charge in [0.2, 0.25) is 5.91 Å². The zero-order valence-electron chi connectivity index (χ0n) is 16.2. The van der Waals surface area contributed by atoms with Crippen molar-refractivity contribution < 1.29 is 14.5 Å². The van der Waals surface area contributed by atoms with Crippen molar-refractivity contribution in [3.8, 4) is 0 Å². The minimum atomic E-state index is -0.372. The average Bonchev–Trinajstić information content (AvgIpc) is 2.71. The van der Waals surface area contributed by atoms with Gasteiger partial charge in [0.1, 0.15) is 6.04 Å². The number of hydrogen-bond donors (Lipinski definition) is 0. The van der Waals surface area contributed by atoms with Crippen molar-refractivity contribution in [1.82, 2.24) is 9.80 Å². The Bertz CT molecular complexity index is 716. The van der Waals surface area contributed by atoms with E-state index >= 15 is 0 Å². The van der Waals surface area contributed by atoms with Crippen LogP contribution in [0.3, 0.4) is 0 Å². The Morgan fingerprint density at radius 2 is 1.96 bits per heavy atom. The quantitative estimate of drug-likeness (QED) is 0.565. The second-order valence-corrected chi connectivity index (χ2v) is 7.97. The van der Waals surface area contributed by atoms with Gasteiger partial charge in [-0.2, -0.15) is 0 Å². The SMILES string of the molecule is O=C([C@H]1COCCN1CC1CCC1)N1CCN(c2cccc([N+](=O)[O-])c2)CC1. The van der Waals surface area contributed by atoms with E-state index in [1.165, 1.54) is 25.3 Å². The summed E-state index contributed by atoms with van der Waals surface area (Å²) in [4.78, 5) is 30.1. The number of anilines is 1. The van der Waals surface area contributed by atoms with E-state index in [4.69, 9.17) is 4.74 Å². The summed E-state index contributed by atoms with van der Waals surface area (Å²) in [5.74, 6) is 0.900. The lowest BCUT2D eigenvalue weighted by molar-refractivity contribution is -0.384. The van der Waals surface area contributed by atoms with Crippen LogP contribution < -0.4 is 4.90 Å². The highest BCUT2D eigenvalue weighted by molar-refractivity contribution is 5.82. The summed E-state index contributed by atoms with van der Waals surface area (Å²) in [6.07, 6.45) is 3.87. The van der Waals surface area contributed by atoms with Gasteiger partial charge >= 0.3 is 0 Å². The molecule has 2 heterocycles. The number of carbonyl (C=O) groups excluding carboxylic acids is 1. The predicted molar refractivity (Wildman–Crippen MR) is 105 cm³/mol. The lowest BCUT2D eigenvalue weighted by Gasteiger charge is -2.43. The Hall–Kier alpha value is -2.19. The van der Waals surface area contributed by atoms with Crippen LogP contribution >= 0.6 is 0 Å². The fraction of sp³-hybridized carbons (Fsp3) is 0.650. The van der Waals surface area contributed by atoms with Crippen molar-refractivity contribution >= 4 is 17.3 Å². The highest BCUT2D eigenvalue weighted by atomic mass is 16.6. The molecule has 8 nitrogen and oxygen atoms in total. The van der Waals surface area contributed by atoms with Gasteiger partial charge in [-0.05, 0) is 24.8 Å². The zero-order chi connectivity index (χ0) is 19.5. The van der Waals surface area contributed by atoms with Crippen LogP contribution in [-0.2, 0) is 9.53 Å². The van der Waals surface area contributed by atoms with Crippen molar-refractivity contribution in [2.24, 2.45) is 5.92 Å². The van der Waals surface area contributed by atoms with Crippen molar-refractivity contribution in [2.75, 3.05) is 57.4 Å². The van der Waals surface area contributed by atoms with E-state index in [-0.39, 0.29) is 22.6 Å². The monoisotopic (exact) mass is 388 g/mol. The molecule has 0 bridgehead atoms. The van der Waals surface area contributed by atoms with Crippen molar-refractivity contribution in [2.45, 2.75) is 25.3 Å². The Morgan fingerprint density at radius 1 is 1.18 bits per heavy atom. The molecule has 28 heavy (non-hydrogen) atoms. The molecule has 1 atom stereocenters. The fourth-order valence-electron chi connectivity index (χ4n) is 4.29. The second kappa shape index (κ2) is 8.45. The molecule has 0 radical (unpaired) electrons. The minimum Gasteiger partial charge on any atom is -0.378 e. The van der Waals surface area contributed by atoms with E-state index in [9.17, 15) is 14.9 Å². The number of hydrogen-bond acceptors (Lipinski definition) is 6. The Labute approximate surface area is 165 Å². The van der Waals surface area contributed by atoms with Crippen molar-refractivity contribution in [3.63, 3.8) is 0 Å². The molecule has 0 unspecified atom stereocenters. The topological polar surface area (TPSA) is 79.2 Å². The van der Waals surface area contributed by atoms with Gasteiger partial charge in [-0.25, -0.2) is 0 Å². The standard InChI is InChI=1S/C20H28N4O4/c25-20(19-15-28-12-11-23(19)14-16-3-1-4-16)22-9-7-21(8-10-22)17-5-2-6-18(13-17)24(26)27/h2,5-6,13,16,19H,1,3-4,7-12,14-15H2/t19-/m1/s1. The number of amides is 1. The van der Waals surface area contributed by atoms with Crippen LogP contribution in [0.4, 0.5) is 11.4 Å². The first-order valence-electron chi connectivity index (χ1n) is 10.2. The Kier molecular flexibility index (Phi) is 5.77. The third-order valence-corrected chi connectivity index (χ3v) is 6.24. The molecule has 3 fully saturated rings. The maximum Gasteiger partial charge on any atom is 0.271 e. The zero-order valence-corrected chi connectivity index (χ0v) is 16.2. The van der Waals surface area contributed by atoms with E-state index in [0.717, 1.165) is 24.7 Å². The van der Waals surface area contributed by atoms with E-state index in [0.29, 0.717) is 39.4 Å². The van der Waals surface area contributed by atoms with Gasteiger partial charge in [-0.15, -0.1) is 0 Å². The summed E-state index contributed by atoms with van der Waals surface area (Å²) in [6, 6.07) is 6.54. The van der Waals surface area contributed by atoms with Crippen LogP contribution in [0.2, 0.25) is 0 Å². The van der Waals surface area contributed by atoms with Crippen molar-refractivity contribution in [1.29, 1.82) is 0 Å². The van der Waals surface area contributed by atoms with Gasteiger partial charge in [0.05, 0.1) is 18.1 Å². The number of piperazine rings is 1. The molecule has 1 aromatic rings. The number of non-ortho nitro benzene ring substituents is 1. The van der Waals surface area contributed by atoms with Gasteiger partial charge in [0.15, 0.2) is 0 Å². The van der Waals surface area contributed by atoms with Crippen molar-refractivity contribution in [3.05, 3.63) is 34.4 Å². The van der Waals surface area contributed by atoms with Gasteiger partial charge in [-0.3, -0.25) is 19.8 Å². The maximum atomic E-state index is 13.1. The van der Waals surface area contributed by atoms with E-state index in [1.54, 1.807) is 12.1 Å². The first-order valence-corrected chi connectivity index (χ1v) is 10.2. The summed E-state index contributed by atoms with van der Waals surface area (Å²) < 4.78 is 5.62. The van der Waals surface area contributed by atoms with E-state index < -0.39 is 0 Å². The molecular formula is C20H28N4O4. The molecular weight excluding hydrogens is 360 g/mol. The van der Waals surface area contributed by atoms with Gasteiger partial charge < -0.3 is 14.5 Å². The minimum absolute atomic E-state index is 0.0991. The normalized spacial score (nSPS) is 24.1.